The number of aryl methyl sites for hydroxylation is 1. The summed E-state index contributed by atoms with van der Waals surface area (Å²) in [6.07, 6.45) is 2.51. The van der Waals surface area contributed by atoms with Crippen molar-refractivity contribution >= 4 is 43.2 Å². The lowest BCUT2D eigenvalue weighted by Crippen LogP contribution is -2.13. The van der Waals surface area contributed by atoms with E-state index in [-0.39, 0.29) is 6.04 Å². The molecule has 1 aromatic carbocycles. The van der Waals surface area contributed by atoms with Crippen LogP contribution in [0.5, 0.6) is 0 Å². The molecule has 0 radical (unpaired) electrons. The monoisotopic (exact) mass is 411 g/mol. The van der Waals surface area contributed by atoms with Gasteiger partial charge in [-0.2, -0.15) is 0 Å². The predicted molar refractivity (Wildman–Crippen MR) is 91.1 cm³/mol. The lowest BCUT2D eigenvalue weighted by Gasteiger charge is -2.13. The van der Waals surface area contributed by atoms with Crippen molar-refractivity contribution in [1.82, 2.24) is 0 Å². The van der Waals surface area contributed by atoms with E-state index in [0.29, 0.717) is 11.8 Å². The number of rotatable bonds is 2. The van der Waals surface area contributed by atoms with Crippen molar-refractivity contribution in [1.29, 1.82) is 0 Å². The Hall–Kier alpha value is -0.160. The van der Waals surface area contributed by atoms with Crippen molar-refractivity contribution < 1.29 is 0 Å². The zero-order chi connectivity index (χ0) is 13.9. The Morgan fingerprint density at radius 1 is 1.25 bits per heavy atom. The molecule has 4 unspecified atom stereocenters. The number of nitrogens with two attached hydrogens (primary N) is 1. The molecule has 20 heavy (non-hydrogen) atoms. The van der Waals surface area contributed by atoms with Gasteiger partial charge in [0.05, 0.1) is 7.57 Å². The normalized spacial score (nSPS) is 28.6. The molecule has 0 saturated heterocycles. The molecular weight excluding hydrogens is 398 g/mol. The topological polar surface area (TPSA) is 26.0 Å². The van der Waals surface area contributed by atoms with E-state index in [4.69, 9.17) is 5.73 Å². The minimum atomic E-state index is 0.146. The molecule has 104 valence electrons. The fourth-order valence-electron chi connectivity index (χ4n) is 3.90. The molecule has 2 aliphatic rings. The molecule has 0 spiro atoms. The molecule has 2 N–H and O–H groups in total. The molecule has 2 aromatic rings. The maximum atomic E-state index is 6.59. The highest BCUT2D eigenvalue weighted by atomic mass is 79.9. The van der Waals surface area contributed by atoms with E-state index in [1.54, 1.807) is 16.9 Å². The van der Waals surface area contributed by atoms with Gasteiger partial charge < -0.3 is 5.73 Å². The van der Waals surface area contributed by atoms with E-state index in [1.165, 1.54) is 27.8 Å². The first-order valence-corrected chi connectivity index (χ1v) is 9.35. The summed E-state index contributed by atoms with van der Waals surface area (Å²) in [7, 11) is 0. The van der Waals surface area contributed by atoms with E-state index >= 15 is 0 Å². The third-order valence-corrected chi connectivity index (χ3v) is 7.23. The minimum absolute atomic E-state index is 0.146. The number of fused-ring (bicyclic) bond motifs is 3. The Balaban J connectivity index is 1.65. The molecule has 2 aliphatic carbocycles. The highest BCUT2D eigenvalue weighted by molar-refractivity contribution is 9.12. The summed E-state index contributed by atoms with van der Waals surface area (Å²) in [6, 6.07) is 11.2. The van der Waals surface area contributed by atoms with Crippen LogP contribution >= 0.6 is 43.2 Å². The summed E-state index contributed by atoms with van der Waals surface area (Å²) in [6.45, 7) is 0. The van der Waals surface area contributed by atoms with Crippen LogP contribution in [0.15, 0.2) is 37.9 Å². The second kappa shape index (κ2) is 4.94. The van der Waals surface area contributed by atoms with Crippen molar-refractivity contribution in [3.8, 4) is 0 Å². The summed E-state index contributed by atoms with van der Waals surface area (Å²) in [5, 5.41) is 0. The zero-order valence-electron chi connectivity index (χ0n) is 10.9. The molecule has 1 aromatic heterocycles. The van der Waals surface area contributed by atoms with Gasteiger partial charge in [-0.05, 0) is 85.2 Å². The molecule has 4 heteroatoms. The molecule has 0 bridgehead atoms. The predicted octanol–water partition coefficient (Wildman–Crippen LogP) is 5.25. The van der Waals surface area contributed by atoms with E-state index in [9.17, 15) is 0 Å². The Morgan fingerprint density at radius 3 is 2.80 bits per heavy atom. The van der Waals surface area contributed by atoms with Gasteiger partial charge >= 0.3 is 0 Å². The Kier molecular flexibility index (Phi) is 3.33. The lowest BCUT2D eigenvalue weighted by atomic mass is 9.92. The standard InChI is InChI=1S/C16H15Br2NS/c17-12-7-11(16(18)20-12)15(19)14-10-6-5-8-3-1-2-4-9(8)13(10)14/h1-4,7,10,13-15H,5-6,19H2. The molecule has 1 heterocycles. The first-order chi connectivity index (χ1) is 9.66. The first kappa shape index (κ1) is 13.5. The van der Waals surface area contributed by atoms with Crippen molar-refractivity contribution in [3.05, 3.63) is 54.6 Å². The van der Waals surface area contributed by atoms with Crippen molar-refractivity contribution in [3.63, 3.8) is 0 Å². The van der Waals surface area contributed by atoms with Gasteiger partial charge in [0.25, 0.3) is 0 Å². The molecule has 4 atom stereocenters. The van der Waals surface area contributed by atoms with Crippen LogP contribution in [0.2, 0.25) is 0 Å². The molecule has 1 nitrogen and oxygen atoms in total. The van der Waals surface area contributed by atoms with Gasteiger partial charge in [-0.3, -0.25) is 0 Å². The Morgan fingerprint density at radius 2 is 2.05 bits per heavy atom. The van der Waals surface area contributed by atoms with E-state index in [1.807, 2.05) is 0 Å². The third kappa shape index (κ3) is 2.04. The molecular formula is C16H15Br2NS. The average Bonchev–Trinajstić information content (AvgIpc) is 3.09. The summed E-state index contributed by atoms with van der Waals surface area (Å²) < 4.78 is 2.33. The molecule has 0 aliphatic heterocycles. The quantitative estimate of drug-likeness (QED) is 0.716. The largest absolute Gasteiger partial charge is 0.324 e. The average molecular weight is 413 g/mol. The molecule has 1 fully saturated rings. The number of benzene rings is 1. The fourth-order valence-corrected chi connectivity index (χ4v) is 6.85. The number of halogens is 2. The minimum Gasteiger partial charge on any atom is -0.324 e. The van der Waals surface area contributed by atoms with Crippen LogP contribution < -0.4 is 5.73 Å². The van der Waals surface area contributed by atoms with Gasteiger partial charge in [-0.25, -0.2) is 0 Å². The number of hydrogen-bond acceptors (Lipinski definition) is 2. The van der Waals surface area contributed by atoms with Crippen LogP contribution in [-0.2, 0) is 6.42 Å². The van der Waals surface area contributed by atoms with E-state index < -0.39 is 0 Å². The van der Waals surface area contributed by atoms with Gasteiger partial charge in [0.15, 0.2) is 0 Å². The van der Waals surface area contributed by atoms with E-state index in [2.05, 4.69) is 62.2 Å². The molecule has 0 amide bonds. The van der Waals surface area contributed by atoms with Crippen LogP contribution in [0.25, 0.3) is 0 Å². The van der Waals surface area contributed by atoms with Gasteiger partial charge in [-0.15, -0.1) is 11.3 Å². The molecule has 1 saturated carbocycles. The SMILES string of the molecule is NC(c1cc(Br)sc1Br)C1C2CCc3ccccc3C21. The lowest BCUT2D eigenvalue weighted by molar-refractivity contribution is 0.555. The van der Waals surface area contributed by atoms with Gasteiger partial charge in [0.1, 0.15) is 0 Å². The maximum absolute atomic E-state index is 6.59. The zero-order valence-corrected chi connectivity index (χ0v) is 14.8. The van der Waals surface area contributed by atoms with Gasteiger partial charge in [0, 0.05) is 6.04 Å². The second-order valence-electron chi connectivity index (χ2n) is 5.81. The highest BCUT2D eigenvalue weighted by Crippen LogP contribution is 2.64. The number of hydrogen-bond donors (Lipinski definition) is 1. The second-order valence-corrected chi connectivity index (χ2v) is 9.56. The fraction of sp³-hybridized carbons (Fsp3) is 0.375. The van der Waals surface area contributed by atoms with Crippen LogP contribution in [-0.4, -0.2) is 0 Å². The number of thiophene rings is 1. The van der Waals surface area contributed by atoms with E-state index in [0.717, 1.165) is 9.70 Å². The third-order valence-electron chi connectivity index (χ3n) is 4.85. The summed E-state index contributed by atoms with van der Waals surface area (Å²) in [4.78, 5) is 0. The van der Waals surface area contributed by atoms with Gasteiger partial charge in [-0.1, -0.05) is 24.3 Å². The highest BCUT2D eigenvalue weighted by Gasteiger charge is 2.56. The summed E-state index contributed by atoms with van der Waals surface area (Å²) in [5.41, 5.74) is 10.9. The van der Waals surface area contributed by atoms with Crippen LogP contribution in [0.4, 0.5) is 0 Å². The summed E-state index contributed by atoms with van der Waals surface area (Å²) >= 11 is 8.92. The van der Waals surface area contributed by atoms with Crippen molar-refractivity contribution in [2.24, 2.45) is 17.6 Å². The Bertz CT molecular complexity index is 666. The summed E-state index contributed by atoms with van der Waals surface area (Å²) in [5.74, 6) is 2.07. The molecule has 4 rings (SSSR count). The maximum Gasteiger partial charge on any atom is 0.0758 e. The van der Waals surface area contributed by atoms with Crippen LogP contribution in [0.3, 0.4) is 0 Å². The first-order valence-electron chi connectivity index (χ1n) is 6.95. The van der Waals surface area contributed by atoms with Crippen molar-refractivity contribution in [2.45, 2.75) is 24.8 Å². The van der Waals surface area contributed by atoms with Crippen LogP contribution in [0.1, 0.15) is 35.1 Å². The Labute approximate surface area is 139 Å². The smallest absolute Gasteiger partial charge is 0.0758 e. The van der Waals surface area contributed by atoms with Crippen molar-refractivity contribution in [2.75, 3.05) is 0 Å². The van der Waals surface area contributed by atoms with Gasteiger partial charge in [0.2, 0.25) is 0 Å². The van der Waals surface area contributed by atoms with Crippen LogP contribution in [0, 0.1) is 11.8 Å².